The molecule has 0 unspecified atom stereocenters. The van der Waals surface area contributed by atoms with E-state index in [4.69, 9.17) is 120 Å². The van der Waals surface area contributed by atoms with Gasteiger partial charge in [-0.2, -0.15) is 94.1 Å². The third-order valence-corrected chi connectivity index (χ3v) is 25.0. The molecule has 8 aliphatic heterocycles. The number of carbonyl (C=O) groups is 8. The Balaban J connectivity index is 0.0000353. The normalized spacial score (nSPS) is 42.6. The van der Waals surface area contributed by atoms with Crippen LogP contribution in [0.3, 0.4) is 0 Å². The molecule has 8 fully saturated rings. The molecule has 8 saturated heterocycles. The van der Waals surface area contributed by atoms with Crippen molar-refractivity contribution in [2.24, 2.45) is 0 Å². The van der Waals surface area contributed by atoms with Crippen LogP contribution in [0, 0.1) is 0 Å². The third-order valence-electron chi connectivity index (χ3n) is 19.1. The smallest absolute Gasteiger partial charge is 0.550 e. The Kier molecular flexibility index (Phi) is 50.3. The molecular formula is C73H108Na8O48S8. The van der Waals surface area contributed by atoms with Crippen molar-refractivity contribution >= 4 is 142 Å². The Morgan fingerprint density at radius 2 is 0.387 bits per heavy atom. The monoisotopic (exact) mass is 2220 g/mol. The number of ether oxygens (including phenoxy) is 16. The Morgan fingerprint density at radius 1 is 0.241 bits per heavy atom. The van der Waals surface area contributed by atoms with E-state index >= 15 is 0 Å². The van der Waals surface area contributed by atoms with E-state index in [1.807, 2.05) is 0 Å². The quantitative estimate of drug-likeness (QED) is 0.0251. The zero-order valence-corrected chi connectivity index (χ0v) is 95.9. The predicted octanol–water partition coefficient (Wildman–Crippen LogP) is -41.7. The van der Waals surface area contributed by atoms with Crippen LogP contribution in [0.4, 0.5) is 0 Å². The van der Waals surface area contributed by atoms with Gasteiger partial charge in [-0.05, 0) is 96.6 Å². The van der Waals surface area contributed by atoms with E-state index in [1.165, 1.54) is 0 Å². The van der Waals surface area contributed by atoms with Crippen LogP contribution in [0.15, 0.2) is 0 Å². The third kappa shape index (κ3) is 44.8. The van der Waals surface area contributed by atoms with Crippen molar-refractivity contribution < 1.29 is 517 Å². The molecule has 39 atom stereocenters. The van der Waals surface area contributed by atoms with Crippen LogP contribution < -0.4 is 277 Å². The van der Waals surface area contributed by atoms with Crippen LogP contribution in [0.25, 0.3) is 0 Å². The fourth-order valence-corrected chi connectivity index (χ4v) is 18.5. The Bertz CT molecular complexity index is 4910. The van der Waals surface area contributed by atoms with Gasteiger partial charge >= 0.3 is 236 Å². The fraction of sp³-hybridized carbons (Fsp3) is 0.890. The second kappa shape index (κ2) is 72.9. The number of hydrogen-bond acceptors (Lipinski definition) is 56. The summed E-state index contributed by atoms with van der Waals surface area (Å²) in [6.45, 7) is 0. The minimum atomic E-state index is -4.16. The predicted molar refractivity (Wildman–Crippen MR) is 427 cm³/mol. The van der Waals surface area contributed by atoms with E-state index in [2.05, 4.69) is 0 Å². The van der Waals surface area contributed by atoms with Crippen molar-refractivity contribution in [1.29, 1.82) is 0 Å². The molecule has 0 aromatic carbocycles. The molecule has 8 aliphatic rings. The molecule has 0 bridgehead atoms. The first-order chi connectivity index (χ1) is 73.1. The summed E-state index contributed by atoms with van der Waals surface area (Å²) < 4.78 is 355. The molecule has 0 saturated carbocycles. The number of aliphatic hydroxyl groups excluding tert-OH is 16. The molecule has 0 amide bonds. The van der Waals surface area contributed by atoms with E-state index in [0.717, 1.165) is 7.11 Å². The molecule has 0 radical (unpaired) electrons. The van der Waals surface area contributed by atoms with Crippen LogP contribution in [0.2, 0.25) is 0 Å². The first-order valence-corrected chi connectivity index (χ1v) is 45.0. The molecular weight excluding hydrogens is 2090 g/mol. The summed E-state index contributed by atoms with van der Waals surface area (Å²) in [5.74, 6) is -32.0. The van der Waals surface area contributed by atoms with Gasteiger partial charge in [-0.1, -0.05) is 0 Å². The van der Waals surface area contributed by atoms with Crippen molar-refractivity contribution in [2.45, 2.75) is 297 Å². The van der Waals surface area contributed by atoms with Gasteiger partial charge in [0.05, 0.1) is 54.9 Å². The summed E-state index contributed by atoms with van der Waals surface area (Å²) >= 11 is -2.88. The molecule has 0 aliphatic carbocycles. The van der Waals surface area contributed by atoms with E-state index in [9.17, 15) is 161 Å². The number of carbonyl (C=O) groups excluding carboxylic acids is 8. The van der Waals surface area contributed by atoms with Crippen molar-refractivity contribution in [3.8, 4) is 0 Å². The van der Waals surface area contributed by atoms with Crippen LogP contribution in [-0.4, -0.2) is 468 Å². The number of carboxylic acid groups (broad SMARTS) is 8. The molecule has 0 aromatic rings. The minimum Gasteiger partial charge on any atom is -0.550 e. The largest absolute Gasteiger partial charge is 1.00 e. The summed E-state index contributed by atoms with van der Waals surface area (Å²) in [4.78, 5) is 96.2. The maximum atomic E-state index is 12.4. The molecule has 137 heavy (non-hydrogen) atoms. The van der Waals surface area contributed by atoms with Crippen molar-refractivity contribution in [2.75, 3.05) is 98.8 Å². The maximum absolute atomic E-state index is 12.4. The Morgan fingerprint density at radius 3 is 0.547 bits per heavy atom. The standard InChI is InChI=1S/C73H116O48S8.8Na/c1-106-66-52(99)45(92)59(29(108-66)20-123-11-3-37(77)78)116-68-54(101)47(94)61(31(110-68)22-125-13-5-39(81)82)118-70-56(103)49(96)63(33(112-70)24-127-15-7-41(85)86)120-72-58(105)51(98)65(35(114-72)26-129-17-9-43(89)90)121-73-57(104)50(97)64(34(113-73)25-128-16-8-42(87)88)119-71-55(102)48(95)62(32(111-71)23-126-14-6-40(83)84)117-69-53(100)46(93)60(30(109-69)21-124-12-4-38(79)80)115-67-44(91)28(74)18-27(107-67)19-122-10-2-36(75)76;;;;;;;;/h27-35,44-74,91-105H,2-26H2,1H3,(H,75,76)(H,77,78)(H,79,80)(H,81,82)(H,83,84)(H,85,86)(H,87,88)(H,89,90);;;;;;;;/q;8*+1/p-8/t27-,28-,29-,30-,31+,32-,33+,34-,35-,44+,45+,46+,47+,48+,49+,50+,51+,52+,53+,54+,55+,56+,57+,58+,59+,60+,61+,62+,63+,64+,65+,66-,67+,68+,69+,70+,71+,72+,73+;;;;;;;;/m0......../s1/i2D2,3D2,4D2,5D2,6D2,7D2,8D2,9D2,10D2,11D2,12D2,13D2,14D2,15D2,16D2,17D2;;;;;;;;. The van der Waals surface area contributed by atoms with E-state index in [0.29, 0.717) is 0 Å². The van der Waals surface area contributed by atoms with Gasteiger partial charge in [0.15, 0.2) is 50.3 Å². The SMILES string of the molecule is [2H]C([2H])(SC[C@@H]1C[C@H](O)[C@@H](O)[C@@H](O[C@H]2[C@H](O)[C@@H](O)[C@@H](O[C@H]3[C@H](O)[C@@H](O)[C@@H](O[C@H]4[C@H](O)[C@@H](O)[C@@H](O[C@H]5[C@H](O)[C@@H](O)[C@@H](O[C@H]6[C@H](O)[C@@H](O)[C@@H](O[C@H]7[C@H](O)[C@@H](O)[C@@H](O[C@H]8[C@H](O)[C@@H](O)[C@@H](OC)O[C@H]8CSC([2H])([2H])C([2H])([2H])C(=O)[O-])O[C@@H]7CSC([2H])([2H])C([2H])([2H])C(=O)[O-])O[C@@H]6CSC([2H])([2H])C([2H])([2H])C(=O)[O-])O[C@H]5CSC([2H])([2H])C([2H])([2H])C(=O)[O-])O[C@H]4CSC([2H])([2H])C([2H])([2H])C(=O)[O-])O[C@H]3CSC([2H])([2H])C([2H])([2H])C(=O)[O-])O[C@H]2CSC([2H])([2H])C([2H])([2H])C(=O)[O-])O1)C([2H])([2H])C(=O)[O-].[Na+].[Na+].[Na+].[Na+].[Na+].[Na+].[Na+].[Na+]. The van der Waals surface area contributed by atoms with E-state index in [-0.39, 0.29) is 284 Å². The molecule has 64 heteroatoms. The van der Waals surface area contributed by atoms with Gasteiger partial charge in [-0.15, -0.1) is 0 Å². The van der Waals surface area contributed by atoms with Gasteiger partial charge in [-0.3, -0.25) is 0 Å². The van der Waals surface area contributed by atoms with Gasteiger partial charge in [0, 0.05) is 151 Å². The van der Waals surface area contributed by atoms with Crippen LogP contribution >= 0.6 is 94.1 Å². The van der Waals surface area contributed by atoms with Crippen LogP contribution in [0.5, 0.6) is 0 Å². The molecule has 48 nitrogen and oxygen atoms in total. The number of aliphatic hydroxyl groups is 16. The molecule has 16 N–H and O–H groups in total. The summed E-state index contributed by atoms with van der Waals surface area (Å²) in [5, 5.41) is 287. The second-order valence-electron chi connectivity index (χ2n) is 27.6. The average Bonchev–Trinajstić information content (AvgIpc) is 0.754. The Hall–Kier alpha value is 5.28. The zero-order valence-electron chi connectivity index (χ0n) is 105. The summed E-state index contributed by atoms with van der Waals surface area (Å²) in [7, 11) is 0.884. The molecule has 8 heterocycles. The summed E-state index contributed by atoms with van der Waals surface area (Å²) in [5.41, 5.74) is -29.7. The number of carboxylic acids is 8. The van der Waals surface area contributed by atoms with Gasteiger partial charge in [0.1, 0.15) is 134 Å². The number of thioether (sulfide) groups is 8. The maximum Gasteiger partial charge on any atom is 1.00 e. The van der Waals surface area contributed by atoms with Gasteiger partial charge in [0.2, 0.25) is 0 Å². The second-order valence-corrected chi connectivity index (χ2v) is 34.2. The van der Waals surface area contributed by atoms with E-state index < -0.39 is 483 Å². The van der Waals surface area contributed by atoms with Gasteiger partial charge < -0.3 is 237 Å². The average molecular weight is 2230 g/mol. The van der Waals surface area contributed by atoms with Crippen LogP contribution in [0.1, 0.15) is 101 Å². The summed E-state index contributed by atoms with van der Waals surface area (Å²) in [6.07, 6.45) is -135. The number of aliphatic carboxylic acids is 8. The Labute approximate surface area is 1040 Å². The molecule has 0 spiro atoms. The topological polar surface area (TPSA) is 792 Å². The molecule has 744 valence electrons. The number of methoxy groups -OCH3 is 1. The van der Waals surface area contributed by atoms with Gasteiger partial charge in [-0.25, -0.2) is 0 Å². The first kappa shape index (κ1) is 94.6. The number of hydrogen-bond donors (Lipinski definition) is 16. The minimum absolute atomic E-state index is 0. The van der Waals surface area contributed by atoms with Crippen molar-refractivity contribution in [3.63, 3.8) is 0 Å². The summed E-state index contributed by atoms with van der Waals surface area (Å²) in [6, 6.07) is 0. The van der Waals surface area contributed by atoms with Crippen molar-refractivity contribution in [3.05, 3.63) is 0 Å². The van der Waals surface area contributed by atoms with Crippen LogP contribution in [-0.2, 0) is 114 Å². The van der Waals surface area contributed by atoms with Gasteiger partial charge in [0.25, 0.3) is 0 Å². The molecule has 0 aromatic heterocycles. The van der Waals surface area contributed by atoms with Crippen molar-refractivity contribution in [1.82, 2.24) is 0 Å². The molecule has 8 rings (SSSR count). The zero-order chi connectivity index (χ0) is 123. The first-order valence-electron chi connectivity index (χ1n) is 53.1. The fourth-order valence-electron chi connectivity index (χ4n) is 13.2. The van der Waals surface area contributed by atoms with E-state index in [1.54, 1.807) is 0 Å². The number of rotatable bonds is 55.